The second-order valence-electron chi connectivity index (χ2n) is 4.40. The third-order valence-electron chi connectivity index (χ3n) is 3.19. The summed E-state index contributed by atoms with van der Waals surface area (Å²) in [5.74, 6) is 0.739. The van der Waals surface area contributed by atoms with Gasteiger partial charge in [0.2, 0.25) is 0 Å². The number of hydrogen-bond donors (Lipinski definition) is 1. The van der Waals surface area contributed by atoms with Gasteiger partial charge in [-0.05, 0) is 56.3 Å². The van der Waals surface area contributed by atoms with Gasteiger partial charge in [-0.1, -0.05) is 12.1 Å². The predicted molar refractivity (Wildman–Crippen MR) is 60.3 cm³/mol. The van der Waals surface area contributed by atoms with E-state index in [4.69, 9.17) is 0 Å². The molecule has 1 aliphatic rings. The largest absolute Gasteiger partial charge is 0.317 e. The first-order valence-corrected chi connectivity index (χ1v) is 5.71. The van der Waals surface area contributed by atoms with Gasteiger partial charge in [0.05, 0.1) is 0 Å². The molecule has 1 aromatic carbocycles. The molecule has 0 saturated heterocycles. The molecule has 1 nitrogen and oxygen atoms in total. The highest BCUT2D eigenvalue weighted by Crippen LogP contribution is 2.34. The molecule has 0 radical (unpaired) electrons. The Morgan fingerprint density at radius 1 is 1.47 bits per heavy atom. The van der Waals surface area contributed by atoms with Gasteiger partial charge in [-0.25, -0.2) is 4.39 Å². The first-order valence-electron chi connectivity index (χ1n) is 5.71. The molecular formula is C13H18FN. The van der Waals surface area contributed by atoms with Gasteiger partial charge in [0.25, 0.3) is 0 Å². The number of aryl methyl sites for hydroxylation is 1. The molecule has 1 saturated carbocycles. The van der Waals surface area contributed by atoms with Gasteiger partial charge in [-0.3, -0.25) is 0 Å². The van der Waals surface area contributed by atoms with E-state index in [1.807, 2.05) is 13.1 Å². The maximum absolute atomic E-state index is 12.9. The van der Waals surface area contributed by atoms with Crippen LogP contribution in [0.1, 0.15) is 24.8 Å². The number of hydrogen-bond acceptors (Lipinski definition) is 1. The lowest BCUT2D eigenvalue weighted by Crippen LogP contribution is -2.27. The van der Waals surface area contributed by atoms with Crippen molar-refractivity contribution < 1.29 is 4.39 Å². The smallest absolute Gasteiger partial charge is 0.123 e. The van der Waals surface area contributed by atoms with E-state index in [-0.39, 0.29) is 5.82 Å². The van der Waals surface area contributed by atoms with Crippen LogP contribution < -0.4 is 5.32 Å². The van der Waals surface area contributed by atoms with E-state index in [0.29, 0.717) is 6.04 Å². The maximum atomic E-state index is 12.9. The fourth-order valence-corrected chi connectivity index (χ4v) is 2.13. The van der Waals surface area contributed by atoms with Crippen molar-refractivity contribution in [1.82, 2.24) is 5.32 Å². The molecule has 15 heavy (non-hydrogen) atoms. The molecule has 0 aromatic heterocycles. The summed E-state index contributed by atoms with van der Waals surface area (Å²) in [6, 6.07) is 7.55. The lowest BCUT2D eigenvalue weighted by atomic mass is 10.0. The monoisotopic (exact) mass is 207 g/mol. The zero-order valence-corrected chi connectivity index (χ0v) is 9.17. The topological polar surface area (TPSA) is 12.0 Å². The van der Waals surface area contributed by atoms with Crippen molar-refractivity contribution >= 4 is 0 Å². The second-order valence-corrected chi connectivity index (χ2v) is 4.40. The quantitative estimate of drug-likeness (QED) is 0.783. The molecule has 0 amide bonds. The number of benzene rings is 1. The van der Waals surface area contributed by atoms with E-state index in [9.17, 15) is 4.39 Å². The van der Waals surface area contributed by atoms with Crippen LogP contribution in [-0.2, 0) is 6.42 Å². The van der Waals surface area contributed by atoms with Gasteiger partial charge in [-0.2, -0.15) is 0 Å². The Labute approximate surface area is 90.7 Å². The van der Waals surface area contributed by atoms with E-state index in [1.165, 1.54) is 18.9 Å². The average Bonchev–Trinajstić information content (AvgIpc) is 3.03. The Hall–Kier alpha value is -0.890. The van der Waals surface area contributed by atoms with Crippen LogP contribution in [0.25, 0.3) is 0 Å². The van der Waals surface area contributed by atoms with Crippen molar-refractivity contribution in [3.8, 4) is 0 Å². The Kier molecular flexibility index (Phi) is 3.37. The zero-order valence-electron chi connectivity index (χ0n) is 9.17. The predicted octanol–water partition coefficient (Wildman–Crippen LogP) is 2.76. The summed E-state index contributed by atoms with van der Waals surface area (Å²) in [4.78, 5) is 0. The molecule has 1 unspecified atom stereocenters. The number of halogens is 1. The minimum Gasteiger partial charge on any atom is -0.317 e. The molecule has 1 fully saturated rings. The van der Waals surface area contributed by atoms with Crippen LogP contribution in [0, 0.1) is 11.7 Å². The van der Waals surface area contributed by atoms with Crippen molar-refractivity contribution in [2.45, 2.75) is 31.7 Å². The van der Waals surface area contributed by atoms with Crippen molar-refractivity contribution in [3.05, 3.63) is 35.6 Å². The standard InChI is InChI=1S/C13H18FN/c1-15-13(11-6-7-11)8-5-10-3-2-4-12(14)9-10/h2-4,9,11,13,15H,5-8H2,1H3. The minimum absolute atomic E-state index is 0.125. The van der Waals surface area contributed by atoms with Crippen LogP contribution in [0.3, 0.4) is 0 Å². The zero-order chi connectivity index (χ0) is 10.7. The van der Waals surface area contributed by atoms with Crippen molar-refractivity contribution in [3.63, 3.8) is 0 Å². The minimum atomic E-state index is -0.125. The molecule has 0 bridgehead atoms. The fourth-order valence-electron chi connectivity index (χ4n) is 2.13. The first-order chi connectivity index (χ1) is 7.29. The lowest BCUT2D eigenvalue weighted by molar-refractivity contribution is 0.470. The third kappa shape index (κ3) is 3.03. The summed E-state index contributed by atoms with van der Waals surface area (Å²) in [6.07, 6.45) is 4.80. The van der Waals surface area contributed by atoms with Gasteiger partial charge in [-0.15, -0.1) is 0 Å². The Bertz CT molecular complexity index is 320. The van der Waals surface area contributed by atoms with E-state index < -0.39 is 0 Å². The summed E-state index contributed by atoms with van der Waals surface area (Å²) in [6.45, 7) is 0. The Morgan fingerprint density at radius 3 is 2.87 bits per heavy atom. The summed E-state index contributed by atoms with van der Waals surface area (Å²) in [5.41, 5.74) is 1.11. The van der Waals surface area contributed by atoms with E-state index in [1.54, 1.807) is 12.1 Å². The van der Waals surface area contributed by atoms with E-state index >= 15 is 0 Å². The van der Waals surface area contributed by atoms with Crippen LogP contribution in [0.15, 0.2) is 24.3 Å². The molecule has 0 heterocycles. The first kappa shape index (κ1) is 10.6. The highest BCUT2D eigenvalue weighted by atomic mass is 19.1. The van der Waals surface area contributed by atoms with Crippen LogP contribution in [0.2, 0.25) is 0 Å². The number of rotatable bonds is 5. The normalized spacial score (nSPS) is 17.7. The molecule has 82 valence electrons. The van der Waals surface area contributed by atoms with Crippen LogP contribution in [-0.4, -0.2) is 13.1 Å². The molecule has 1 N–H and O–H groups in total. The third-order valence-corrected chi connectivity index (χ3v) is 3.19. The van der Waals surface area contributed by atoms with Crippen molar-refractivity contribution in [2.75, 3.05) is 7.05 Å². The summed E-state index contributed by atoms with van der Waals surface area (Å²) in [5, 5.41) is 3.36. The maximum Gasteiger partial charge on any atom is 0.123 e. The van der Waals surface area contributed by atoms with Gasteiger partial charge in [0.15, 0.2) is 0 Å². The highest BCUT2D eigenvalue weighted by Gasteiger charge is 2.29. The van der Waals surface area contributed by atoms with Crippen LogP contribution >= 0.6 is 0 Å². The fraction of sp³-hybridized carbons (Fsp3) is 0.538. The lowest BCUT2D eigenvalue weighted by Gasteiger charge is -2.14. The molecule has 1 aliphatic carbocycles. The molecule has 0 aliphatic heterocycles. The molecule has 2 rings (SSSR count). The average molecular weight is 207 g/mol. The van der Waals surface area contributed by atoms with Crippen LogP contribution in [0.4, 0.5) is 4.39 Å². The second kappa shape index (κ2) is 4.75. The molecular weight excluding hydrogens is 189 g/mol. The van der Waals surface area contributed by atoms with Gasteiger partial charge >= 0.3 is 0 Å². The van der Waals surface area contributed by atoms with Crippen molar-refractivity contribution in [2.24, 2.45) is 5.92 Å². The van der Waals surface area contributed by atoms with Crippen molar-refractivity contribution in [1.29, 1.82) is 0 Å². The molecule has 1 aromatic rings. The van der Waals surface area contributed by atoms with E-state index in [0.717, 1.165) is 24.3 Å². The number of nitrogens with one attached hydrogen (secondary N) is 1. The Morgan fingerprint density at radius 2 is 2.27 bits per heavy atom. The van der Waals surface area contributed by atoms with Gasteiger partial charge in [0, 0.05) is 6.04 Å². The van der Waals surface area contributed by atoms with Crippen LogP contribution in [0.5, 0.6) is 0 Å². The summed E-state index contributed by atoms with van der Waals surface area (Å²) < 4.78 is 12.9. The highest BCUT2D eigenvalue weighted by molar-refractivity contribution is 5.16. The summed E-state index contributed by atoms with van der Waals surface area (Å²) >= 11 is 0. The van der Waals surface area contributed by atoms with E-state index in [2.05, 4.69) is 5.32 Å². The summed E-state index contributed by atoms with van der Waals surface area (Å²) in [7, 11) is 2.02. The van der Waals surface area contributed by atoms with Gasteiger partial charge < -0.3 is 5.32 Å². The Balaban J connectivity index is 1.86. The molecule has 2 heteroatoms. The SMILES string of the molecule is CNC(CCc1cccc(F)c1)C1CC1. The molecule has 1 atom stereocenters. The molecule has 0 spiro atoms. The van der Waals surface area contributed by atoms with Gasteiger partial charge in [0.1, 0.15) is 5.82 Å².